The van der Waals surface area contributed by atoms with Crippen LogP contribution < -0.4 is 0 Å². The molecule has 0 amide bonds. The Balaban J connectivity index is 2.56. The summed E-state index contributed by atoms with van der Waals surface area (Å²) in [5.41, 5.74) is 0.0756. The van der Waals surface area contributed by atoms with Crippen LogP contribution in [0, 0.1) is 0 Å². The summed E-state index contributed by atoms with van der Waals surface area (Å²) in [7, 11) is 4.12. The molecule has 0 spiro atoms. The number of nitrogens with zero attached hydrogens (tertiary/aromatic N) is 1. The molecule has 0 bridgehead atoms. The highest BCUT2D eigenvalue weighted by Gasteiger charge is 2.38. The minimum absolute atomic E-state index is 0.0527. The Bertz CT molecular complexity index is 195. The Kier molecular flexibility index (Phi) is 3.93. The van der Waals surface area contributed by atoms with E-state index < -0.39 is 0 Å². The molecule has 14 heavy (non-hydrogen) atoms. The number of ether oxygens (including phenoxy) is 1. The average Bonchev–Trinajstić information content (AvgIpc) is 2.54. The van der Waals surface area contributed by atoms with Gasteiger partial charge in [0.05, 0.1) is 13.0 Å². The first kappa shape index (κ1) is 11.5. The summed E-state index contributed by atoms with van der Waals surface area (Å²) in [6.45, 7) is 2.34. The second kappa shape index (κ2) is 4.78. The van der Waals surface area contributed by atoms with Gasteiger partial charge in [0.25, 0.3) is 0 Å². The summed E-state index contributed by atoms with van der Waals surface area (Å²) >= 11 is 0. The van der Waals surface area contributed by atoms with Crippen molar-refractivity contribution >= 4 is 5.97 Å². The highest BCUT2D eigenvalue weighted by atomic mass is 16.5. The van der Waals surface area contributed by atoms with E-state index in [1.807, 2.05) is 6.92 Å². The second-order valence-electron chi connectivity index (χ2n) is 4.31. The van der Waals surface area contributed by atoms with E-state index in [2.05, 4.69) is 19.0 Å². The van der Waals surface area contributed by atoms with Crippen LogP contribution in [-0.2, 0) is 9.53 Å². The fourth-order valence-electron chi connectivity index (χ4n) is 2.30. The van der Waals surface area contributed by atoms with Gasteiger partial charge in [-0.25, -0.2) is 0 Å². The van der Waals surface area contributed by atoms with Crippen LogP contribution in [0.3, 0.4) is 0 Å². The van der Waals surface area contributed by atoms with Crippen LogP contribution >= 0.6 is 0 Å². The molecule has 0 aliphatic heterocycles. The molecule has 1 aliphatic carbocycles. The third kappa shape index (κ3) is 2.47. The smallest absolute Gasteiger partial charge is 0.307 e. The number of hydrogen-bond donors (Lipinski definition) is 0. The fourth-order valence-corrected chi connectivity index (χ4v) is 2.30. The summed E-state index contributed by atoms with van der Waals surface area (Å²) in [5.74, 6) is -0.0527. The third-order valence-electron chi connectivity index (χ3n) is 3.26. The fraction of sp³-hybridized carbons (Fsp3) is 0.909. The minimum Gasteiger partial charge on any atom is -0.466 e. The Morgan fingerprint density at radius 2 is 1.93 bits per heavy atom. The Morgan fingerprint density at radius 1 is 1.36 bits per heavy atom. The quantitative estimate of drug-likeness (QED) is 0.647. The lowest BCUT2D eigenvalue weighted by molar-refractivity contribution is -0.146. The number of esters is 1. The molecule has 1 aliphatic rings. The highest BCUT2D eigenvalue weighted by molar-refractivity contribution is 5.71. The van der Waals surface area contributed by atoms with Crippen LogP contribution in [0.5, 0.6) is 0 Å². The van der Waals surface area contributed by atoms with Crippen LogP contribution in [0.15, 0.2) is 0 Å². The summed E-state index contributed by atoms with van der Waals surface area (Å²) in [6.07, 6.45) is 5.26. The van der Waals surface area contributed by atoms with Crippen molar-refractivity contribution in [3.8, 4) is 0 Å². The molecular weight excluding hydrogens is 178 g/mol. The minimum atomic E-state index is -0.0527. The van der Waals surface area contributed by atoms with E-state index in [0.29, 0.717) is 13.0 Å². The van der Waals surface area contributed by atoms with Gasteiger partial charge in [0.2, 0.25) is 0 Å². The zero-order chi connectivity index (χ0) is 10.6. The lowest BCUT2D eigenvalue weighted by atomic mass is 9.92. The Labute approximate surface area is 86.4 Å². The lowest BCUT2D eigenvalue weighted by Gasteiger charge is -2.35. The Hall–Kier alpha value is -0.570. The molecule has 0 aromatic rings. The molecule has 0 N–H and O–H groups in total. The predicted octanol–water partition coefficient (Wildman–Crippen LogP) is 1.81. The van der Waals surface area contributed by atoms with Gasteiger partial charge in [0.1, 0.15) is 0 Å². The van der Waals surface area contributed by atoms with Crippen molar-refractivity contribution in [3.05, 3.63) is 0 Å². The molecule has 1 rings (SSSR count). The third-order valence-corrected chi connectivity index (χ3v) is 3.26. The standard InChI is InChI=1S/C11H21NO2/c1-4-14-10(13)9-11(12(2)3)7-5-6-8-11/h4-9H2,1-3H3. The van der Waals surface area contributed by atoms with Crippen molar-refractivity contribution in [1.82, 2.24) is 4.90 Å². The van der Waals surface area contributed by atoms with E-state index in [4.69, 9.17) is 4.74 Å². The van der Waals surface area contributed by atoms with Crippen molar-refractivity contribution in [2.45, 2.75) is 44.6 Å². The van der Waals surface area contributed by atoms with Gasteiger partial charge in [-0.05, 0) is 33.9 Å². The predicted molar refractivity (Wildman–Crippen MR) is 56.1 cm³/mol. The molecule has 0 atom stereocenters. The van der Waals surface area contributed by atoms with Crippen LogP contribution in [0.4, 0.5) is 0 Å². The van der Waals surface area contributed by atoms with Gasteiger partial charge in [-0.1, -0.05) is 12.8 Å². The molecule has 1 saturated carbocycles. The van der Waals surface area contributed by atoms with Crippen molar-refractivity contribution < 1.29 is 9.53 Å². The normalized spacial score (nSPS) is 20.0. The number of hydrogen-bond acceptors (Lipinski definition) is 3. The second-order valence-corrected chi connectivity index (χ2v) is 4.31. The summed E-state index contributed by atoms with van der Waals surface area (Å²) < 4.78 is 5.01. The highest BCUT2D eigenvalue weighted by Crippen LogP contribution is 2.36. The first-order valence-corrected chi connectivity index (χ1v) is 5.44. The molecule has 3 nitrogen and oxygen atoms in total. The molecule has 0 unspecified atom stereocenters. The van der Waals surface area contributed by atoms with Crippen molar-refractivity contribution in [2.24, 2.45) is 0 Å². The molecular formula is C11H21NO2. The van der Waals surface area contributed by atoms with Crippen LogP contribution in [0.1, 0.15) is 39.0 Å². The van der Waals surface area contributed by atoms with Gasteiger partial charge in [-0.3, -0.25) is 4.79 Å². The molecule has 0 saturated heterocycles. The summed E-state index contributed by atoms with van der Waals surface area (Å²) in [4.78, 5) is 13.7. The largest absolute Gasteiger partial charge is 0.466 e. The van der Waals surface area contributed by atoms with Crippen molar-refractivity contribution in [3.63, 3.8) is 0 Å². The molecule has 0 aromatic heterocycles. The van der Waals surface area contributed by atoms with Gasteiger partial charge in [0.15, 0.2) is 0 Å². The number of carbonyl (C=O) groups excluding carboxylic acids is 1. The molecule has 0 radical (unpaired) electrons. The van der Waals surface area contributed by atoms with Crippen molar-refractivity contribution in [2.75, 3.05) is 20.7 Å². The first-order valence-electron chi connectivity index (χ1n) is 5.44. The van der Waals surface area contributed by atoms with E-state index in [0.717, 1.165) is 12.8 Å². The first-order chi connectivity index (χ1) is 6.60. The maximum absolute atomic E-state index is 11.5. The van der Waals surface area contributed by atoms with Gasteiger partial charge < -0.3 is 9.64 Å². The summed E-state index contributed by atoms with van der Waals surface area (Å²) in [6, 6.07) is 0. The Morgan fingerprint density at radius 3 is 2.36 bits per heavy atom. The van der Waals surface area contributed by atoms with Crippen LogP contribution in [-0.4, -0.2) is 37.1 Å². The topological polar surface area (TPSA) is 29.5 Å². The van der Waals surface area contributed by atoms with Crippen LogP contribution in [0.25, 0.3) is 0 Å². The van der Waals surface area contributed by atoms with Gasteiger partial charge in [-0.15, -0.1) is 0 Å². The monoisotopic (exact) mass is 199 g/mol. The number of rotatable bonds is 4. The molecule has 82 valence electrons. The van der Waals surface area contributed by atoms with Crippen LogP contribution in [0.2, 0.25) is 0 Å². The molecule has 1 fully saturated rings. The molecule has 0 heterocycles. The maximum Gasteiger partial charge on any atom is 0.307 e. The summed E-state index contributed by atoms with van der Waals surface area (Å²) in [5, 5.41) is 0. The average molecular weight is 199 g/mol. The van der Waals surface area contributed by atoms with E-state index in [1.54, 1.807) is 0 Å². The number of carbonyl (C=O) groups is 1. The van der Waals surface area contributed by atoms with Gasteiger partial charge >= 0.3 is 5.97 Å². The zero-order valence-corrected chi connectivity index (χ0v) is 9.51. The molecule has 3 heteroatoms. The van der Waals surface area contributed by atoms with Crippen molar-refractivity contribution in [1.29, 1.82) is 0 Å². The van der Waals surface area contributed by atoms with Gasteiger partial charge in [-0.2, -0.15) is 0 Å². The van der Waals surface area contributed by atoms with E-state index in [1.165, 1.54) is 12.8 Å². The van der Waals surface area contributed by atoms with E-state index in [-0.39, 0.29) is 11.5 Å². The van der Waals surface area contributed by atoms with E-state index in [9.17, 15) is 4.79 Å². The lowest BCUT2D eigenvalue weighted by Crippen LogP contribution is -2.43. The SMILES string of the molecule is CCOC(=O)CC1(N(C)C)CCCC1. The zero-order valence-electron chi connectivity index (χ0n) is 9.51. The maximum atomic E-state index is 11.5. The van der Waals surface area contributed by atoms with E-state index >= 15 is 0 Å². The van der Waals surface area contributed by atoms with Gasteiger partial charge in [0, 0.05) is 5.54 Å². The molecule has 0 aromatic carbocycles.